The van der Waals surface area contributed by atoms with Crippen molar-refractivity contribution < 1.29 is 8.42 Å². The van der Waals surface area contributed by atoms with Crippen molar-refractivity contribution >= 4 is 21.2 Å². The molecule has 2 aromatic heterocycles. The van der Waals surface area contributed by atoms with Gasteiger partial charge in [0.2, 0.25) is 10.0 Å². The first kappa shape index (κ1) is 21.0. The number of sulfonamides is 1. The number of hydrogen-bond donors (Lipinski definition) is 0. The van der Waals surface area contributed by atoms with E-state index in [1.807, 2.05) is 24.3 Å². The normalized spacial score (nSPS) is 16.5. The molecule has 0 spiro atoms. The van der Waals surface area contributed by atoms with Gasteiger partial charge in [-0.25, -0.2) is 18.4 Å². The van der Waals surface area contributed by atoms with Crippen molar-refractivity contribution in [3.05, 3.63) is 54.0 Å². The quantitative estimate of drug-likeness (QED) is 0.592. The van der Waals surface area contributed by atoms with Gasteiger partial charge in [0.1, 0.15) is 11.3 Å². The fourth-order valence-electron chi connectivity index (χ4n) is 4.26. The number of hydrogen-bond acceptors (Lipinski definition) is 4. The van der Waals surface area contributed by atoms with Crippen molar-refractivity contribution in [1.29, 1.82) is 0 Å². The summed E-state index contributed by atoms with van der Waals surface area (Å²) < 4.78 is 30.1. The number of aromatic nitrogens is 3. The van der Waals surface area contributed by atoms with Crippen LogP contribution in [0.15, 0.2) is 47.5 Å². The van der Waals surface area contributed by atoms with Gasteiger partial charge in [-0.1, -0.05) is 32.9 Å². The fraction of sp³-hybridized carbons (Fsp3) is 0.478. The maximum absolute atomic E-state index is 13.1. The average molecular weight is 427 g/mol. The molecule has 30 heavy (non-hydrogen) atoms. The Morgan fingerprint density at radius 2 is 1.80 bits per heavy atom. The molecule has 3 heterocycles. The lowest BCUT2D eigenvalue weighted by molar-refractivity contribution is 0.272. The molecule has 1 aromatic carbocycles. The summed E-state index contributed by atoms with van der Waals surface area (Å²) in [7, 11) is -3.46. The lowest BCUT2D eigenvalue weighted by Crippen LogP contribution is -2.39. The highest BCUT2D eigenvalue weighted by molar-refractivity contribution is 7.89. The molecule has 7 heteroatoms. The van der Waals surface area contributed by atoms with E-state index in [0.29, 0.717) is 23.9 Å². The molecule has 0 aliphatic carbocycles. The number of imidazole rings is 1. The Balaban J connectivity index is 1.56. The van der Waals surface area contributed by atoms with E-state index in [1.165, 1.54) is 0 Å². The van der Waals surface area contributed by atoms with Crippen molar-refractivity contribution in [1.82, 2.24) is 18.8 Å². The predicted molar refractivity (Wildman–Crippen MR) is 119 cm³/mol. The lowest BCUT2D eigenvalue weighted by Gasteiger charge is -2.32. The first-order valence-electron chi connectivity index (χ1n) is 10.8. The van der Waals surface area contributed by atoms with Crippen LogP contribution in [0.2, 0.25) is 0 Å². The second kappa shape index (κ2) is 8.47. The van der Waals surface area contributed by atoms with Gasteiger partial charge >= 0.3 is 0 Å². The number of pyridine rings is 1. The number of aryl methyl sites for hydroxylation is 1. The molecule has 0 amide bonds. The van der Waals surface area contributed by atoms with Crippen molar-refractivity contribution in [3.8, 4) is 0 Å². The molecular weight excluding hydrogens is 396 g/mol. The molecule has 0 bridgehead atoms. The van der Waals surface area contributed by atoms with E-state index in [4.69, 9.17) is 4.98 Å². The van der Waals surface area contributed by atoms with Gasteiger partial charge < -0.3 is 4.57 Å². The van der Waals surface area contributed by atoms with Crippen LogP contribution in [0.1, 0.15) is 51.0 Å². The van der Waals surface area contributed by atoms with Crippen LogP contribution in [0.3, 0.4) is 0 Å². The molecule has 4 rings (SSSR count). The Hall–Kier alpha value is -2.25. The largest absolute Gasteiger partial charge is 0.309 e. The molecule has 1 aliphatic heterocycles. The minimum absolute atomic E-state index is 0.215. The van der Waals surface area contributed by atoms with E-state index in [9.17, 15) is 8.42 Å². The molecule has 3 aromatic rings. The Morgan fingerprint density at radius 3 is 2.43 bits per heavy atom. The van der Waals surface area contributed by atoms with Crippen LogP contribution in [0.5, 0.6) is 0 Å². The second-order valence-electron chi connectivity index (χ2n) is 8.47. The van der Waals surface area contributed by atoms with Crippen LogP contribution in [-0.2, 0) is 22.9 Å². The fourth-order valence-corrected chi connectivity index (χ4v) is 5.73. The highest BCUT2D eigenvalue weighted by atomic mass is 32.2. The van der Waals surface area contributed by atoms with Crippen molar-refractivity contribution in [2.24, 2.45) is 5.92 Å². The molecule has 0 unspecified atom stereocenters. The van der Waals surface area contributed by atoms with E-state index >= 15 is 0 Å². The summed E-state index contributed by atoms with van der Waals surface area (Å²) in [5, 5.41) is 0. The zero-order chi connectivity index (χ0) is 21.3. The molecule has 0 atom stereocenters. The third kappa shape index (κ3) is 4.01. The van der Waals surface area contributed by atoms with Gasteiger partial charge in [-0.05, 0) is 55.0 Å². The Bertz CT molecular complexity index is 1110. The smallest absolute Gasteiger partial charge is 0.243 e. The highest BCUT2D eigenvalue weighted by Gasteiger charge is 2.31. The van der Waals surface area contributed by atoms with Crippen LogP contribution in [0, 0.1) is 5.92 Å². The lowest BCUT2D eigenvalue weighted by atomic mass is 10.1. The van der Waals surface area contributed by atoms with Crippen molar-refractivity contribution in [2.75, 3.05) is 13.1 Å². The third-order valence-corrected chi connectivity index (χ3v) is 7.78. The standard InChI is InChI=1S/C23H30N4O2S/c1-4-18-7-9-20(10-8-18)30(28,29)26-14-11-19(12-15-26)27-22(16-17(2)3)25-21-6-5-13-24-23(21)27/h5-10,13,17,19H,4,11-12,14-16H2,1-3H3. The molecule has 1 aliphatic rings. The van der Waals surface area contributed by atoms with E-state index in [-0.39, 0.29) is 6.04 Å². The average Bonchev–Trinajstić information content (AvgIpc) is 3.11. The van der Waals surface area contributed by atoms with Gasteiger partial charge in [-0.15, -0.1) is 0 Å². The summed E-state index contributed by atoms with van der Waals surface area (Å²) in [6.07, 6.45) is 5.12. The summed E-state index contributed by atoms with van der Waals surface area (Å²) in [6, 6.07) is 11.4. The number of nitrogens with zero attached hydrogens (tertiary/aromatic N) is 4. The van der Waals surface area contributed by atoms with Gasteiger partial charge in [0.25, 0.3) is 0 Å². The summed E-state index contributed by atoms with van der Waals surface area (Å²) >= 11 is 0. The molecular formula is C23H30N4O2S. The van der Waals surface area contributed by atoms with Crippen LogP contribution in [-0.4, -0.2) is 40.3 Å². The van der Waals surface area contributed by atoms with Gasteiger partial charge in [0.15, 0.2) is 5.65 Å². The Morgan fingerprint density at radius 1 is 1.10 bits per heavy atom. The Labute approximate surface area is 179 Å². The van der Waals surface area contributed by atoms with Gasteiger partial charge in [0.05, 0.1) is 4.90 Å². The van der Waals surface area contributed by atoms with Gasteiger partial charge in [0, 0.05) is 31.7 Å². The van der Waals surface area contributed by atoms with Gasteiger partial charge in [-0.2, -0.15) is 4.31 Å². The molecule has 1 fully saturated rings. The van der Waals surface area contributed by atoms with Crippen LogP contribution in [0.25, 0.3) is 11.2 Å². The first-order chi connectivity index (χ1) is 14.4. The molecule has 0 saturated carbocycles. The van der Waals surface area contributed by atoms with Crippen molar-refractivity contribution in [2.45, 2.75) is 57.4 Å². The zero-order valence-electron chi connectivity index (χ0n) is 18.0. The summed E-state index contributed by atoms with van der Waals surface area (Å²) in [6.45, 7) is 7.47. The Kier molecular flexibility index (Phi) is 5.93. The molecule has 0 N–H and O–H groups in total. The minimum Gasteiger partial charge on any atom is -0.309 e. The number of rotatable bonds is 6. The third-order valence-electron chi connectivity index (χ3n) is 5.87. The second-order valence-corrected chi connectivity index (χ2v) is 10.4. The van der Waals surface area contributed by atoms with Crippen LogP contribution < -0.4 is 0 Å². The number of benzene rings is 1. The van der Waals surface area contributed by atoms with Crippen LogP contribution >= 0.6 is 0 Å². The van der Waals surface area contributed by atoms with E-state index < -0.39 is 10.0 Å². The highest BCUT2D eigenvalue weighted by Crippen LogP contribution is 2.31. The topological polar surface area (TPSA) is 68.1 Å². The maximum atomic E-state index is 13.1. The number of fused-ring (bicyclic) bond motifs is 1. The summed E-state index contributed by atoms with van der Waals surface area (Å²) in [4.78, 5) is 9.80. The SMILES string of the molecule is CCc1ccc(S(=O)(=O)N2CCC(n3c(CC(C)C)nc4cccnc43)CC2)cc1. The first-order valence-corrected chi connectivity index (χ1v) is 12.2. The predicted octanol–water partition coefficient (Wildman–Crippen LogP) is 4.22. The zero-order valence-corrected chi connectivity index (χ0v) is 18.8. The molecule has 1 saturated heterocycles. The maximum Gasteiger partial charge on any atom is 0.243 e. The summed E-state index contributed by atoms with van der Waals surface area (Å²) in [5.41, 5.74) is 2.97. The molecule has 0 radical (unpaired) electrons. The monoisotopic (exact) mass is 426 g/mol. The summed E-state index contributed by atoms with van der Waals surface area (Å²) in [5.74, 6) is 1.54. The van der Waals surface area contributed by atoms with Crippen LogP contribution in [0.4, 0.5) is 0 Å². The molecule has 160 valence electrons. The van der Waals surface area contributed by atoms with E-state index in [0.717, 1.165) is 48.2 Å². The van der Waals surface area contributed by atoms with E-state index in [1.54, 1.807) is 22.6 Å². The van der Waals surface area contributed by atoms with E-state index in [2.05, 4.69) is 30.3 Å². The van der Waals surface area contributed by atoms with Crippen molar-refractivity contribution in [3.63, 3.8) is 0 Å². The van der Waals surface area contributed by atoms with Gasteiger partial charge in [-0.3, -0.25) is 0 Å². The number of piperidine rings is 1. The molecule has 6 nitrogen and oxygen atoms in total. The minimum atomic E-state index is -3.46.